The number of rotatable bonds is 5. The molecule has 0 aromatic heterocycles. The first-order valence-corrected chi connectivity index (χ1v) is 10.7. The van der Waals surface area contributed by atoms with Gasteiger partial charge < -0.3 is 15.0 Å². The summed E-state index contributed by atoms with van der Waals surface area (Å²) in [4.78, 5) is 14.5. The van der Waals surface area contributed by atoms with Gasteiger partial charge in [-0.05, 0) is 63.8 Å². The lowest BCUT2D eigenvalue weighted by atomic mass is 9.87. The number of amides is 1. The molecule has 1 amide bonds. The lowest BCUT2D eigenvalue weighted by Crippen LogP contribution is -2.48. The van der Waals surface area contributed by atoms with Gasteiger partial charge in [-0.25, -0.2) is 4.39 Å². The zero-order valence-corrected chi connectivity index (χ0v) is 18.0. The van der Waals surface area contributed by atoms with Gasteiger partial charge in [0.15, 0.2) is 0 Å². The SMILES string of the molecule is CC1(C)CC(CN2CC[C@H](CNC(=O)c3cc(Cl)cc(Cl)c3)[C@H](F)C2)CCO1. The fraction of sp³-hybridized carbons (Fsp3) is 0.667. The maximum atomic E-state index is 14.7. The highest BCUT2D eigenvalue weighted by Crippen LogP contribution is 2.30. The Bertz CT molecular complexity index is 681. The van der Waals surface area contributed by atoms with Crippen molar-refractivity contribution in [2.45, 2.75) is 44.9 Å². The van der Waals surface area contributed by atoms with Crippen LogP contribution in [0.1, 0.15) is 43.5 Å². The van der Waals surface area contributed by atoms with Gasteiger partial charge in [0.2, 0.25) is 0 Å². The molecule has 0 radical (unpaired) electrons. The summed E-state index contributed by atoms with van der Waals surface area (Å²) in [7, 11) is 0. The van der Waals surface area contributed by atoms with E-state index >= 15 is 0 Å². The fourth-order valence-corrected chi connectivity index (χ4v) is 4.83. The number of benzene rings is 1. The molecule has 1 aromatic rings. The Kier molecular flexibility index (Phi) is 7.24. The van der Waals surface area contributed by atoms with Crippen LogP contribution in [0.15, 0.2) is 18.2 Å². The van der Waals surface area contributed by atoms with E-state index in [4.69, 9.17) is 27.9 Å². The fourth-order valence-electron chi connectivity index (χ4n) is 4.30. The number of carbonyl (C=O) groups excluding carboxylic acids is 1. The smallest absolute Gasteiger partial charge is 0.251 e. The average molecular weight is 431 g/mol. The molecule has 0 spiro atoms. The van der Waals surface area contributed by atoms with E-state index in [9.17, 15) is 9.18 Å². The van der Waals surface area contributed by atoms with E-state index in [1.54, 1.807) is 18.2 Å². The van der Waals surface area contributed by atoms with Crippen LogP contribution in [-0.2, 0) is 4.74 Å². The Labute approximate surface area is 176 Å². The van der Waals surface area contributed by atoms with Gasteiger partial charge in [-0.15, -0.1) is 0 Å². The summed E-state index contributed by atoms with van der Waals surface area (Å²) in [5.41, 5.74) is 0.316. The zero-order valence-electron chi connectivity index (χ0n) is 16.5. The van der Waals surface area contributed by atoms with Gasteiger partial charge in [-0.1, -0.05) is 23.2 Å². The highest BCUT2D eigenvalue weighted by molar-refractivity contribution is 6.35. The van der Waals surface area contributed by atoms with Gasteiger partial charge in [0.25, 0.3) is 5.91 Å². The minimum atomic E-state index is -0.940. The second-order valence-electron chi connectivity index (χ2n) is 8.66. The first-order chi connectivity index (χ1) is 13.2. The first kappa shape index (κ1) is 21.8. The molecule has 0 bridgehead atoms. The molecule has 2 aliphatic heterocycles. The molecular formula is C21H29Cl2FN2O2. The van der Waals surface area contributed by atoms with Crippen LogP contribution in [-0.4, -0.2) is 55.4 Å². The minimum Gasteiger partial charge on any atom is -0.376 e. The number of carbonyl (C=O) groups is 1. The van der Waals surface area contributed by atoms with Gasteiger partial charge in [-0.3, -0.25) is 4.79 Å². The van der Waals surface area contributed by atoms with Crippen molar-refractivity contribution in [1.82, 2.24) is 10.2 Å². The average Bonchev–Trinajstić information content (AvgIpc) is 2.59. The number of piperidine rings is 1. The summed E-state index contributed by atoms with van der Waals surface area (Å²) in [5, 5.41) is 3.65. The van der Waals surface area contributed by atoms with Crippen molar-refractivity contribution >= 4 is 29.1 Å². The largest absolute Gasteiger partial charge is 0.376 e. The van der Waals surface area contributed by atoms with Crippen molar-refractivity contribution in [3.05, 3.63) is 33.8 Å². The molecule has 0 aliphatic carbocycles. The number of nitrogens with zero attached hydrogens (tertiary/aromatic N) is 1. The Morgan fingerprint density at radius 1 is 1.29 bits per heavy atom. The molecular weight excluding hydrogens is 402 g/mol. The molecule has 156 valence electrons. The number of alkyl halides is 1. The van der Waals surface area contributed by atoms with Crippen molar-refractivity contribution in [2.24, 2.45) is 11.8 Å². The Balaban J connectivity index is 1.45. The van der Waals surface area contributed by atoms with Crippen LogP contribution in [0.2, 0.25) is 10.0 Å². The minimum absolute atomic E-state index is 0.0795. The second kappa shape index (κ2) is 9.29. The highest BCUT2D eigenvalue weighted by atomic mass is 35.5. The predicted molar refractivity (Wildman–Crippen MR) is 111 cm³/mol. The molecule has 3 atom stereocenters. The summed E-state index contributed by atoms with van der Waals surface area (Å²) in [6, 6.07) is 4.70. The normalized spacial score (nSPS) is 28.1. The number of hydrogen-bond donors (Lipinski definition) is 1. The van der Waals surface area contributed by atoms with Gasteiger partial charge >= 0.3 is 0 Å². The monoisotopic (exact) mass is 430 g/mol. The van der Waals surface area contributed by atoms with E-state index in [-0.39, 0.29) is 17.4 Å². The molecule has 0 saturated carbocycles. The van der Waals surface area contributed by atoms with Crippen molar-refractivity contribution in [3.8, 4) is 0 Å². The van der Waals surface area contributed by atoms with Gasteiger partial charge in [0.1, 0.15) is 6.17 Å². The number of halogens is 3. The van der Waals surface area contributed by atoms with Crippen LogP contribution in [0.4, 0.5) is 4.39 Å². The summed E-state index contributed by atoms with van der Waals surface area (Å²) in [6.07, 6.45) is 1.86. The van der Waals surface area contributed by atoms with Gasteiger partial charge in [-0.2, -0.15) is 0 Å². The third kappa shape index (κ3) is 6.06. The van der Waals surface area contributed by atoms with E-state index in [2.05, 4.69) is 24.1 Å². The number of likely N-dealkylation sites (tertiary alicyclic amines) is 1. The molecule has 2 heterocycles. The zero-order chi connectivity index (χ0) is 20.3. The predicted octanol–water partition coefficient (Wildman–Crippen LogP) is 4.59. The Hall–Kier alpha value is -0.880. The van der Waals surface area contributed by atoms with Crippen LogP contribution in [0.3, 0.4) is 0 Å². The lowest BCUT2D eigenvalue weighted by molar-refractivity contribution is -0.0791. The number of hydrogen-bond acceptors (Lipinski definition) is 3. The quantitative estimate of drug-likeness (QED) is 0.742. The van der Waals surface area contributed by atoms with Crippen LogP contribution in [0.5, 0.6) is 0 Å². The number of ether oxygens (including phenoxy) is 1. The van der Waals surface area contributed by atoms with E-state index in [1.165, 1.54) is 0 Å². The molecule has 7 heteroatoms. The number of nitrogens with one attached hydrogen (secondary N) is 1. The van der Waals surface area contributed by atoms with Crippen LogP contribution in [0.25, 0.3) is 0 Å². The van der Waals surface area contributed by atoms with Crippen molar-refractivity contribution in [1.29, 1.82) is 0 Å². The molecule has 3 rings (SSSR count). The van der Waals surface area contributed by atoms with Crippen LogP contribution in [0, 0.1) is 11.8 Å². The molecule has 1 aromatic carbocycles. The van der Waals surface area contributed by atoms with Crippen molar-refractivity contribution < 1.29 is 13.9 Å². The Morgan fingerprint density at radius 2 is 2.00 bits per heavy atom. The Morgan fingerprint density at radius 3 is 2.64 bits per heavy atom. The summed E-state index contributed by atoms with van der Waals surface area (Å²) < 4.78 is 20.5. The van der Waals surface area contributed by atoms with Crippen LogP contribution < -0.4 is 5.32 Å². The lowest BCUT2D eigenvalue weighted by Gasteiger charge is -2.40. The maximum absolute atomic E-state index is 14.7. The van der Waals surface area contributed by atoms with Crippen molar-refractivity contribution in [3.63, 3.8) is 0 Å². The standard InChI is InChI=1S/C21H29Cl2FN2O2/c1-21(2)10-14(4-6-28-21)12-26-5-3-15(19(24)13-26)11-25-20(27)16-7-17(22)9-18(23)8-16/h7-9,14-15,19H,3-6,10-13H2,1-2H3,(H,25,27)/t14?,15-,19-/m1/s1. The first-order valence-electron chi connectivity index (χ1n) is 9.96. The van der Waals surface area contributed by atoms with E-state index in [1.807, 2.05) is 0 Å². The molecule has 4 nitrogen and oxygen atoms in total. The highest BCUT2D eigenvalue weighted by Gasteiger charge is 2.33. The maximum Gasteiger partial charge on any atom is 0.251 e. The second-order valence-corrected chi connectivity index (χ2v) is 9.53. The molecule has 2 saturated heterocycles. The third-order valence-electron chi connectivity index (χ3n) is 5.73. The third-order valence-corrected chi connectivity index (χ3v) is 6.16. The topological polar surface area (TPSA) is 41.6 Å². The van der Waals surface area contributed by atoms with E-state index in [0.717, 1.165) is 39.0 Å². The molecule has 1 N–H and O–H groups in total. The van der Waals surface area contributed by atoms with E-state index in [0.29, 0.717) is 34.6 Å². The van der Waals surface area contributed by atoms with Gasteiger partial charge in [0.05, 0.1) is 5.60 Å². The molecule has 28 heavy (non-hydrogen) atoms. The molecule has 1 unspecified atom stereocenters. The molecule has 2 aliphatic rings. The van der Waals surface area contributed by atoms with E-state index < -0.39 is 6.17 Å². The van der Waals surface area contributed by atoms with Gasteiger partial charge in [0, 0.05) is 47.8 Å². The van der Waals surface area contributed by atoms with Crippen LogP contribution >= 0.6 is 23.2 Å². The molecule has 2 fully saturated rings. The summed E-state index contributed by atoms with van der Waals surface area (Å²) in [5.74, 6) is 0.115. The summed E-state index contributed by atoms with van der Waals surface area (Å²) in [6.45, 7) is 7.57. The van der Waals surface area contributed by atoms with Crippen molar-refractivity contribution in [2.75, 3.05) is 32.8 Å². The summed E-state index contributed by atoms with van der Waals surface area (Å²) >= 11 is 11.9.